The molecule has 0 radical (unpaired) electrons. The number of benzene rings is 2. The first-order valence-corrected chi connectivity index (χ1v) is 13.6. The van der Waals surface area contributed by atoms with E-state index in [0.717, 1.165) is 78.7 Å². The fourth-order valence-electron chi connectivity index (χ4n) is 5.40. The highest BCUT2D eigenvalue weighted by atomic mass is 35.5. The molecule has 0 spiro atoms. The van der Waals surface area contributed by atoms with Gasteiger partial charge in [-0.25, -0.2) is 9.78 Å². The normalized spacial score (nSPS) is 17.8. The van der Waals surface area contributed by atoms with Gasteiger partial charge in [0.2, 0.25) is 5.88 Å². The van der Waals surface area contributed by atoms with E-state index in [1.807, 2.05) is 36.5 Å². The number of aryl methyl sites for hydroxylation is 1. The van der Waals surface area contributed by atoms with Crippen molar-refractivity contribution in [2.75, 3.05) is 26.3 Å². The van der Waals surface area contributed by atoms with Crippen molar-refractivity contribution < 1.29 is 19.0 Å². The number of alkyl halides is 1. The molecule has 1 fully saturated rings. The fraction of sp³-hybridized carbons (Fsp3) is 0.333. The molecule has 1 atom stereocenters. The number of hydrogen-bond donors (Lipinski definition) is 1. The van der Waals surface area contributed by atoms with Crippen LogP contribution in [0.25, 0.3) is 11.1 Å². The minimum absolute atomic E-state index is 0.0312. The van der Waals surface area contributed by atoms with Gasteiger partial charge in [-0.3, -0.25) is 9.29 Å². The van der Waals surface area contributed by atoms with Crippen LogP contribution in [0.2, 0.25) is 10.0 Å². The van der Waals surface area contributed by atoms with Gasteiger partial charge in [-0.05, 0) is 90.3 Å². The van der Waals surface area contributed by atoms with Gasteiger partial charge in [0.25, 0.3) is 0 Å². The predicted octanol–water partition coefficient (Wildman–Crippen LogP) is 7.19. The first kappa shape index (κ1) is 26.7. The van der Waals surface area contributed by atoms with Crippen LogP contribution in [0.3, 0.4) is 0 Å². The van der Waals surface area contributed by atoms with Crippen LogP contribution in [0.5, 0.6) is 5.88 Å². The smallest absolute Gasteiger partial charge is 0.335 e. The number of nitrogens with zero attached hydrogens (tertiary/aromatic N) is 2. The molecule has 1 aromatic heterocycles. The number of allylic oxidation sites excluding steroid dienone is 1. The first-order chi connectivity index (χ1) is 18.4. The molecule has 1 unspecified atom stereocenters. The quantitative estimate of drug-likeness (QED) is 0.319. The number of hydrogen-bond acceptors (Lipinski definition) is 4. The Morgan fingerprint density at radius 1 is 1.11 bits per heavy atom. The molecular weight excluding hydrogens is 526 g/mol. The molecule has 0 saturated carbocycles. The van der Waals surface area contributed by atoms with E-state index in [0.29, 0.717) is 22.3 Å². The lowest BCUT2D eigenvalue weighted by Gasteiger charge is -2.19. The topological polar surface area (TPSA) is 62.7 Å². The summed E-state index contributed by atoms with van der Waals surface area (Å²) in [5, 5.41) is 10.7. The van der Waals surface area contributed by atoms with Crippen molar-refractivity contribution in [1.82, 2.24) is 9.88 Å². The number of aromatic carboxylic acids is 1. The van der Waals surface area contributed by atoms with Crippen molar-refractivity contribution in [2.45, 2.75) is 38.2 Å². The zero-order valence-corrected chi connectivity index (χ0v) is 22.4. The third-order valence-corrected chi connectivity index (χ3v) is 7.75. The second kappa shape index (κ2) is 11.9. The summed E-state index contributed by atoms with van der Waals surface area (Å²) in [6.07, 6.45) is 5.65. The van der Waals surface area contributed by atoms with Crippen molar-refractivity contribution in [3.8, 4) is 5.88 Å². The van der Waals surface area contributed by atoms with E-state index < -0.39 is 5.97 Å². The van der Waals surface area contributed by atoms with E-state index in [1.54, 1.807) is 18.2 Å². The molecule has 5 rings (SSSR count). The highest BCUT2D eigenvalue weighted by Gasteiger charge is 2.25. The summed E-state index contributed by atoms with van der Waals surface area (Å²) in [7, 11) is 0. The second-order valence-electron chi connectivity index (χ2n) is 9.77. The Morgan fingerprint density at radius 2 is 1.95 bits per heavy atom. The van der Waals surface area contributed by atoms with Crippen LogP contribution < -0.4 is 4.74 Å². The molecule has 8 heteroatoms. The molecule has 0 amide bonds. The van der Waals surface area contributed by atoms with E-state index in [1.165, 1.54) is 0 Å². The first-order valence-electron chi connectivity index (χ1n) is 12.9. The lowest BCUT2D eigenvalue weighted by molar-refractivity contribution is 0.0696. The average molecular weight is 555 g/mol. The van der Waals surface area contributed by atoms with E-state index in [2.05, 4.69) is 9.88 Å². The Labute approximate surface area is 231 Å². The number of halogens is 3. The van der Waals surface area contributed by atoms with E-state index in [4.69, 9.17) is 27.9 Å². The lowest BCUT2D eigenvalue weighted by atomic mass is 9.88. The largest absolute Gasteiger partial charge is 0.478 e. The molecule has 198 valence electrons. The maximum Gasteiger partial charge on any atom is 0.335 e. The number of ether oxygens (including phenoxy) is 1. The molecule has 2 aromatic carbocycles. The highest BCUT2D eigenvalue weighted by Crippen LogP contribution is 2.42. The second-order valence-corrected chi connectivity index (χ2v) is 10.6. The summed E-state index contributed by atoms with van der Waals surface area (Å²) in [6, 6.07) is 14.7. The van der Waals surface area contributed by atoms with E-state index in [9.17, 15) is 14.3 Å². The van der Waals surface area contributed by atoms with Gasteiger partial charge < -0.3 is 9.84 Å². The van der Waals surface area contributed by atoms with Crippen LogP contribution in [-0.2, 0) is 6.42 Å². The monoisotopic (exact) mass is 554 g/mol. The predicted molar refractivity (Wildman–Crippen MR) is 149 cm³/mol. The molecular formula is C30H29Cl2FN2O3. The van der Waals surface area contributed by atoms with E-state index >= 15 is 0 Å². The maximum atomic E-state index is 12.5. The summed E-state index contributed by atoms with van der Waals surface area (Å²) in [5.41, 5.74) is 6.10. The van der Waals surface area contributed by atoms with Gasteiger partial charge in [0.15, 0.2) is 0 Å². The molecule has 1 aliphatic heterocycles. The van der Waals surface area contributed by atoms with Gasteiger partial charge in [-0.1, -0.05) is 35.3 Å². The molecule has 2 aliphatic rings. The summed E-state index contributed by atoms with van der Waals surface area (Å²) in [5.74, 6) is -0.394. The number of rotatable bonds is 8. The van der Waals surface area contributed by atoms with Crippen LogP contribution in [-0.4, -0.2) is 53.4 Å². The van der Waals surface area contributed by atoms with Gasteiger partial charge in [-0.15, -0.1) is 0 Å². The SMILES string of the molecule is O=C(O)c1ccc2c(c1)CCCC(c1ccc(Cl)cc1Cl)=C2c1ccc(OC2CCN(CCCF)C2)nc1. The van der Waals surface area contributed by atoms with Crippen LogP contribution in [0.4, 0.5) is 4.39 Å². The van der Waals surface area contributed by atoms with Crippen molar-refractivity contribution in [2.24, 2.45) is 0 Å². The zero-order chi connectivity index (χ0) is 26.6. The number of carboxylic acid groups (broad SMARTS) is 1. The molecule has 1 aliphatic carbocycles. The summed E-state index contributed by atoms with van der Waals surface area (Å²) < 4.78 is 18.7. The maximum absolute atomic E-state index is 12.5. The number of pyridine rings is 1. The number of fused-ring (bicyclic) bond motifs is 1. The van der Waals surface area contributed by atoms with Crippen molar-refractivity contribution in [1.29, 1.82) is 0 Å². The Bertz CT molecular complexity index is 1360. The van der Waals surface area contributed by atoms with Crippen molar-refractivity contribution in [3.63, 3.8) is 0 Å². The van der Waals surface area contributed by atoms with Gasteiger partial charge >= 0.3 is 5.97 Å². The number of carbonyl (C=O) groups is 1. The molecule has 0 bridgehead atoms. The number of carboxylic acids is 1. The molecule has 1 N–H and O–H groups in total. The lowest BCUT2D eigenvalue weighted by Crippen LogP contribution is -2.26. The van der Waals surface area contributed by atoms with Crippen LogP contribution in [0.15, 0.2) is 54.7 Å². The standard InChI is InChI=1S/C30H29Cl2FN2O3/c31-22-7-9-25(27(32)16-22)26-4-1-3-19-15-20(30(36)37)5-8-24(19)29(26)21-6-10-28(34-17-21)38-23-11-14-35(18-23)13-2-12-33/h5-10,15-17,23H,1-4,11-14,18H2,(H,36,37). The fourth-order valence-corrected chi connectivity index (χ4v) is 5.92. The van der Waals surface area contributed by atoms with Gasteiger partial charge in [0, 0.05) is 47.5 Å². The zero-order valence-electron chi connectivity index (χ0n) is 20.9. The third-order valence-electron chi connectivity index (χ3n) is 7.20. The minimum atomic E-state index is -0.943. The Balaban J connectivity index is 1.51. The molecule has 2 heterocycles. The number of likely N-dealkylation sites (tertiary alicyclic amines) is 1. The minimum Gasteiger partial charge on any atom is -0.478 e. The van der Waals surface area contributed by atoms with Gasteiger partial charge in [0.1, 0.15) is 6.10 Å². The van der Waals surface area contributed by atoms with Crippen molar-refractivity contribution >= 4 is 40.3 Å². The van der Waals surface area contributed by atoms with Crippen LogP contribution in [0, 0.1) is 0 Å². The van der Waals surface area contributed by atoms with Gasteiger partial charge in [0.05, 0.1) is 12.2 Å². The van der Waals surface area contributed by atoms with Gasteiger partial charge in [-0.2, -0.15) is 0 Å². The summed E-state index contributed by atoms with van der Waals surface area (Å²) >= 11 is 12.9. The summed E-state index contributed by atoms with van der Waals surface area (Å²) in [6.45, 7) is 2.11. The van der Waals surface area contributed by atoms with Crippen LogP contribution >= 0.6 is 23.2 Å². The average Bonchev–Trinajstić information content (AvgIpc) is 3.26. The Morgan fingerprint density at radius 3 is 2.68 bits per heavy atom. The molecule has 3 aromatic rings. The highest BCUT2D eigenvalue weighted by molar-refractivity contribution is 6.36. The Kier molecular flexibility index (Phi) is 8.32. The molecule has 5 nitrogen and oxygen atoms in total. The Hall–Kier alpha value is -2.93. The summed E-state index contributed by atoms with van der Waals surface area (Å²) in [4.78, 5) is 18.5. The van der Waals surface area contributed by atoms with E-state index in [-0.39, 0.29) is 18.3 Å². The number of aromatic nitrogens is 1. The molecule has 1 saturated heterocycles. The van der Waals surface area contributed by atoms with Crippen molar-refractivity contribution in [3.05, 3.63) is 92.6 Å². The molecule has 38 heavy (non-hydrogen) atoms. The van der Waals surface area contributed by atoms with Crippen LogP contribution in [0.1, 0.15) is 58.3 Å². The third kappa shape index (κ3) is 5.88.